The Morgan fingerprint density at radius 1 is 1.18 bits per heavy atom. The van der Waals surface area contributed by atoms with Crippen LogP contribution in [-0.2, 0) is 12.0 Å². The zero-order valence-corrected chi connectivity index (χ0v) is 10.5. The first-order valence-electron chi connectivity index (χ1n) is 5.79. The molecular formula is C15H18O2. The van der Waals surface area contributed by atoms with Crippen molar-refractivity contribution in [3.63, 3.8) is 0 Å². The minimum absolute atomic E-state index is 0.562. The van der Waals surface area contributed by atoms with E-state index in [4.69, 9.17) is 4.42 Å². The van der Waals surface area contributed by atoms with Crippen molar-refractivity contribution in [3.8, 4) is 0 Å². The molecule has 2 nitrogen and oxygen atoms in total. The van der Waals surface area contributed by atoms with Crippen LogP contribution in [0.4, 0.5) is 0 Å². The lowest BCUT2D eigenvalue weighted by Gasteiger charge is -2.24. The number of rotatable bonds is 3. The Morgan fingerprint density at radius 3 is 2.35 bits per heavy atom. The van der Waals surface area contributed by atoms with Crippen molar-refractivity contribution in [2.24, 2.45) is 0 Å². The summed E-state index contributed by atoms with van der Waals surface area (Å²) in [7, 11) is 0. The molecule has 1 atom stereocenters. The molecule has 1 unspecified atom stereocenters. The molecular weight excluding hydrogens is 212 g/mol. The summed E-state index contributed by atoms with van der Waals surface area (Å²) in [6.45, 7) is 5.93. The zero-order chi connectivity index (χ0) is 12.5. The van der Waals surface area contributed by atoms with Crippen LogP contribution in [0.1, 0.15) is 29.2 Å². The van der Waals surface area contributed by atoms with Crippen molar-refractivity contribution in [1.82, 2.24) is 0 Å². The third kappa shape index (κ3) is 2.77. The molecule has 1 aromatic carbocycles. The van der Waals surface area contributed by atoms with E-state index in [1.54, 1.807) is 12.5 Å². The largest absolute Gasteiger partial charge is 0.472 e. The standard InChI is InChI=1S/C15H18O2/c1-11-6-12(2)8-14(7-11)15(3,16)9-13-4-5-17-10-13/h4-8,10,16H,9H2,1-3H3. The first kappa shape index (κ1) is 11.9. The molecule has 2 aromatic rings. The Morgan fingerprint density at radius 2 is 1.82 bits per heavy atom. The van der Waals surface area contributed by atoms with E-state index < -0.39 is 5.60 Å². The molecule has 2 heteroatoms. The van der Waals surface area contributed by atoms with Gasteiger partial charge in [-0.3, -0.25) is 0 Å². The summed E-state index contributed by atoms with van der Waals surface area (Å²) in [6.07, 6.45) is 3.87. The van der Waals surface area contributed by atoms with Gasteiger partial charge in [0.25, 0.3) is 0 Å². The van der Waals surface area contributed by atoms with Gasteiger partial charge in [-0.15, -0.1) is 0 Å². The van der Waals surface area contributed by atoms with Crippen molar-refractivity contribution in [2.75, 3.05) is 0 Å². The van der Waals surface area contributed by atoms with Crippen LogP contribution < -0.4 is 0 Å². The molecule has 1 N–H and O–H groups in total. The average Bonchev–Trinajstić information content (AvgIpc) is 2.68. The Bertz CT molecular complexity index is 475. The van der Waals surface area contributed by atoms with E-state index in [1.165, 1.54) is 11.1 Å². The van der Waals surface area contributed by atoms with Gasteiger partial charge >= 0.3 is 0 Å². The molecule has 17 heavy (non-hydrogen) atoms. The highest BCUT2D eigenvalue weighted by atomic mass is 16.3. The van der Waals surface area contributed by atoms with Crippen LogP contribution in [0.2, 0.25) is 0 Å². The summed E-state index contributed by atoms with van der Waals surface area (Å²) < 4.78 is 5.03. The summed E-state index contributed by atoms with van der Waals surface area (Å²) >= 11 is 0. The normalized spacial score (nSPS) is 14.6. The van der Waals surface area contributed by atoms with Gasteiger partial charge in [-0.25, -0.2) is 0 Å². The van der Waals surface area contributed by atoms with Crippen LogP contribution in [0, 0.1) is 13.8 Å². The van der Waals surface area contributed by atoms with Gasteiger partial charge in [-0.2, -0.15) is 0 Å². The van der Waals surface area contributed by atoms with E-state index in [0.29, 0.717) is 6.42 Å². The molecule has 0 amide bonds. The maximum absolute atomic E-state index is 10.6. The van der Waals surface area contributed by atoms with Gasteiger partial charge in [-0.1, -0.05) is 29.3 Å². The first-order valence-corrected chi connectivity index (χ1v) is 5.79. The van der Waals surface area contributed by atoms with Crippen molar-refractivity contribution in [1.29, 1.82) is 0 Å². The topological polar surface area (TPSA) is 33.4 Å². The van der Waals surface area contributed by atoms with Crippen LogP contribution in [0.5, 0.6) is 0 Å². The van der Waals surface area contributed by atoms with E-state index >= 15 is 0 Å². The lowest BCUT2D eigenvalue weighted by Crippen LogP contribution is -2.24. The smallest absolute Gasteiger partial charge is 0.0935 e. The summed E-state index contributed by atoms with van der Waals surface area (Å²) in [5.74, 6) is 0. The predicted molar refractivity (Wildman–Crippen MR) is 67.9 cm³/mol. The summed E-state index contributed by atoms with van der Waals surface area (Å²) in [5, 5.41) is 10.6. The maximum Gasteiger partial charge on any atom is 0.0935 e. The van der Waals surface area contributed by atoms with Crippen molar-refractivity contribution in [3.05, 3.63) is 59.0 Å². The number of furan rings is 1. The lowest BCUT2D eigenvalue weighted by atomic mass is 9.88. The Hall–Kier alpha value is -1.54. The highest BCUT2D eigenvalue weighted by Crippen LogP contribution is 2.27. The molecule has 0 aliphatic heterocycles. The molecule has 1 heterocycles. The van der Waals surface area contributed by atoms with E-state index in [-0.39, 0.29) is 0 Å². The van der Waals surface area contributed by atoms with Crippen LogP contribution >= 0.6 is 0 Å². The van der Waals surface area contributed by atoms with Gasteiger partial charge in [0.2, 0.25) is 0 Å². The molecule has 0 aliphatic carbocycles. The van der Waals surface area contributed by atoms with Gasteiger partial charge in [0.05, 0.1) is 18.1 Å². The van der Waals surface area contributed by atoms with Crippen LogP contribution in [-0.4, -0.2) is 5.11 Å². The van der Waals surface area contributed by atoms with Gasteiger partial charge in [-0.05, 0) is 38.0 Å². The molecule has 1 aromatic heterocycles. The van der Waals surface area contributed by atoms with E-state index in [9.17, 15) is 5.11 Å². The first-order chi connectivity index (χ1) is 7.97. The number of hydrogen-bond acceptors (Lipinski definition) is 2. The molecule has 0 radical (unpaired) electrons. The Kier molecular flexibility index (Phi) is 3.07. The molecule has 2 rings (SSSR count). The van der Waals surface area contributed by atoms with E-state index in [1.807, 2.05) is 39.0 Å². The van der Waals surface area contributed by atoms with Gasteiger partial charge < -0.3 is 9.52 Å². The van der Waals surface area contributed by atoms with Crippen molar-refractivity contribution >= 4 is 0 Å². The Labute approximate surface area is 102 Å². The molecule has 0 spiro atoms. The summed E-state index contributed by atoms with van der Waals surface area (Å²) in [6, 6.07) is 8.06. The molecule has 0 aliphatic rings. The van der Waals surface area contributed by atoms with Gasteiger partial charge in [0.1, 0.15) is 0 Å². The van der Waals surface area contributed by atoms with Gasteiger partial charge in [0, 0.05) is 6.42 Å². The highest BCUT2D eigenvalue weighted by molar-refractivity contribution is 5.33. The van der Waals surface area contributed by atoms with E-state index in [2.05, 4.69) is 6.07 Å². The quantitative estimate of drug-likeness (QED) is 0.877. The van der Waals surface area contributed by atoms with Crippen LogP contribution in [0.3, 0.4) is 0 Å². The highest BCUT2D eigenvalue weighted by Gasteiger charge is 2.24. The van der Waals surface area contributed by atoms with Gasteiger partial charge in [0.15, 0.2) is 0 Å². The molecule has 90 valence electrons. The van der Waals surface area contributed by atoms with Crippen LogP contribution in [0.25, 0.3) is 0 Å². The third-order valence-electron chi connectivity index (χ3n) is 2.97. The molecule has 0 saturated heterocycles. The fourth-order valence-electron chi connectivity index (χ4n) is 2.18. The Balaban J connectivity index is 2.30. The number of aryl methyl sites for hydroxylation is 2. The second-order valence-electron chi connectivity index (χ2n) is 4.96. The number of aliphatic hydroxyl groups is 1. The van der Waals surface area contributed by atoms with Crippen molar-refractivity contribution < 1.29 is 9.52 Å². The van der Waals surface area contributed by atoms with E-state index in [0.717, 1.165) is 11.1 Å². The predicted octanol–water partition coefficient (Wildman–Crippen LogP) is 3.35. The third-order valence-corrected chi connectivity index (χ3v) is 2.97. The number of hydrogen-bond donors (Lipinski definition) is 1. The second-order valence-corrected chi connectivity index (χ2v) is 4.96. The fraction of sp³-hybridized carbons (Fsp3) is 0.333. The zero-order valence-electron chi connectivity index (χ0n) is 10.5. The number of benzene rings is 1. The minimum Gasteiger partial charge on any atom is -0.472 e. The van der Waals surface area contributed by atoms with Crippen molar-refractivity contribution in [2.45, 2.75) is 32.8 Å². The lowest BCUT2D eigenvalue weighted by molar-refractivity contribution is 0.0573. The SMILES string of the molecule is Cc1cc(C)cc(C(C)(O)Cc2ccoc2)c1. The average molecular weight is 230 g/mol. The second kappa shape index (κ2) is 4.38. The van der Waals surface area contributed by atoms with Crippen LogP contribution in [0.15, 0.2) is 41.2 Å². The maximum atomic E-state index is 10.6. The monoisotopic (exact) mass is 230 g/mol. The fourth-order valence-corrected chi connectivity index (χ4v) is 2.18. The molecule has 0 fully saturated rings. The summed E-state index contributed by atoms with van der Waals surface area (Å²) in [4.78, 5) is 0. The molecule has 0 saturated carbocycles. The minimum atomic E-state index is -0.860. The molecule has 0 bridgehead atoms. The summed E-state index contributed by atoms with van der Waals surface area (Å²) in [5.41, 5.74) is 3.45.